The molecule has 0 saturated carbocycles. The highest BCUT2D eigenvalue weighted by Crippen LogP contribution is 2.29. The van der Waals surface area contributed by atoms with Crippen LogP contribution in [0.1, 0.15) is 16.1 Å². The molecule has 0 bridgehead atoms. The number of carbonyl (C=O) groups excluding carboxylic acids is 1. The minimum atomic E-state index is -4.07. The van der Waals surface area contributed by atoms with Crippen molar-refractivity contribution in [3.8, 4) is 0 Å². The van der Waals surface area contributed by atoms with Crippen LogP contribution in [0.3, 0.4) is 0 Å². The van der Waals surface area contributed by atoms with E-state index >= 15 is 0 Å². The molecule has 0 atom stereocenters. The molecule has 118 valence electrons. The molecule has 0 saturated heterocycles. The maximum absolute atomic E-state index is 11.7. The standard InChI is InChI=1S/C13H13ClN2O5S/c1-20-13(17)9-5-12(22(15,18)19)11(6-10(9)14)16-7-8-3-2-4-21-8/h2-6,16H,7H2,1H3,(H2,15,18,19). The van der Waals surface area contributed by atoms with E-state index in [1.54, 1.807) is 12.1 Å². The van der Waals surface area contributed by atoms with Crippen molar-refractivity contribution >= 4 is 33.3 Å². The number of nitrogens with one attached hydrogen (secondary N) is 1. The molecular weight excluding hydrogens is 332 g/mol. The molecule has 3 N–H and O–H groups in total. The third-order valence-electron chi connectivity index (χ3n) is 2.81. The van der Waals surface area contributed by atoms with Crippen molar-refractivity contribution in [2.75, 3.05) is 12.4 Å². The lowest BCUT2D eigenvalue weighted by molar-refractivity contribution is 0.0600. The van der Waals surface area contributed by atoms with Crippen molar-refractivity contribution < 1.29 is 22.4 Å². The predicted octanol–water partition coefficient (Wildman–Crippen LogP) is 1.98. The molecule has 0 aliphatic rings. The van der Waals surface area contributed by atoms with Crippen molar-refractivity contribution in [1.82, 2.24) is 0 Å². The third kappa shape index (κ3) is 3.59. The van der Waals surface area contributed by atoms with E-state index in [-0.39, 0.29) is 27.7 Å². The van der Waals surface area contributed by atoms with Crippen molar-refractivity contribution in [3.05, 3.63) is 46.9 Å². The monoisotopic (exact) mass is 344 g/mol. The molecule has 0 amide bonds. The molecule has 7 nitrogen and oxygen atoms in total. The second-order valence-corrected chi connectivity index (χ2v) is 6.23. The van der Waals surface area contributed by atoms with Crippen LogP contribution in [0, 0.1) is 0 Å². The number of methoxy groups -OCH3 is 1. The van der Waals surface area contributed by atoms with Gasteiger partial charge in [-0.15, -0.1) is 0 Å². The van der Waals surface area contributed by atoms with Gasteiger partial charge in [-0.2, -0.15) is 0 Å². The third-order valence-corrected chi connectivity index (χ3v) is 4.08. The first-order valence-corrected chi connectivity index (χ1v) is 7.96. The Morgan fingerprint density at radius 1 is 1.45 bits per heavy atom. The van der Waals surface area contributed by atoms with Crippen LogP contribution in [0.2, 0.25) is 5.02 Å². The van der Waals surface area contributed by atoms with Crippen molar-refractivity contribution in [3.63, 3.8) is 0 Å². The second kappa shape index (κ2) is 6.39. The molecule has 0 spiro atoms. The first-order valence-electron chi connectivity index (χ1n) is 6.04. The number of anilines is 1. The molecule has 0 aliphatic carbocycles. The first kappa shape index (κ1) is 16.3. The van der Waals surface area contributed by atoms with E-state index in [9.17, 15) is 13.2 Å². The van der Waals surface area contributed by atoms with Crippen LogP contribution in [0.5, 0.6) is 0 Å². The number of hydrogen-bond acceptors (Lipinski definition) is 6. The topological polar surface area (TPSA) is 112 Å². The van der Waals surface area contributed by atoms with Gasteiger partial charge in [0, 0.05) is 0 Å². The summed E-state index contributed by atoms with van der Waals surface area (Å²) in [6.45, 7) is 0.226. The Kier molecular flexibility index (Phi) is 4.74. The lowest BCUT2D eigenvalue weighted by Crippen LogP contribution is -2.16. The Hall–Kier alpha value is -2.03. The lowest BCUT2D eigenvalue weighted by Gasteiger charge is -2.12. The summed E-state index contributed by atoms with van der Waals surface area (Å²) in [5, 5.41) is 8.08. The predicted molar refractivity (Wildman–Crippen MR) is 80.2 cm³/mol. The number of furan rings is 1. The van der Waals surface area contributed by atoms with Gasteiger partial charge in [-0.25, -0.2) is 18.4 Å². The van der Waals surface area contributed by atoms with E-state index in [0.717, 1.165) is 6.07 Å². The highest BCUT2D eigenvalue weighted by atomic mass is 35.5. The fourth-order valence-corrected chi connectivity index (χ4v) is 2.75. The molecule has 1 heterocycles. The van der Waals surface area contributed by atoms with Crippen molar-refractivity contribution in [1.29, 1.82) is 0 Å². The summed E-state index contributed by atoms with van der Waals surface area (Å²) >= 11 is 5.99. The van der Waals surface area contributed by atoms with Crippen LogP contribution in [-0.4, -0.2) is 21.5 Å². The van der Waals surface area contributed by atoms with Crippen LogP contribution in [0.4, 0.5) is 5.69 Å². The summed E-state index contributed by atoms with van der Waals surface area (Å²) in [6, 6.07) is 5.80. The molecule has 1 aromatic heterocycles. The average molecular weight is 345 g/mol. The van der Waals surface area contributed by atoms with E-state index in [0.29, 0.717) is 5.76 Å². The maximum atomic E-state index is 11.7. The van der Waals surface area contributed by atoms with Gasteiger partial charge in [0.05, 0.1) is 36.2 Å². The van der Waals surface area contributed by atoms with Crippen LogP contribution >= 0.6 is 11.6 Å². The Balaban J connectivity index is 2.43. The van der Waals surface area contributed by atoms with Crippen molar-refractivity contribution in [2.45, 2.75) is 11.4 Å². The van der Waals surface area contributed by atoms with Gasteiger partial charge in [0.1, 0.15) is 10.7 Å². The van der Waals surface area contributed by atoms with Gasteiger partial charge in [0.15, 0.2) is 0 Å². The molecule has 0 unspecified atom stereocenters. The Labute approximate surface area is 132 Å². The largest absolute Gasteiger partial charge is 0.467 e. The molecule has 22 heavy (non-hydrogen) atoms. The van der Waals surface area contributed by atoms with Crippen LogP contribution in [0.15, 0.2) is 39.8 Å². The van der Waals surface area contributed by atoms with Gasteiger partial charge >= 0.3 is 5.97 Å². The second-order valence-electron chi connectivity index (χ2n) is 4.30. The van der Waals surface area contributed by atoms with E-state index in [2.05, 4.69) is 10.1 Å². The van der Waals surface area contributed by atoms with E-state index in [1.165, 1.54) is 19.4 Å². The summed E-state index contributed by atoms with van der Waals surface area (Å²) < 4.78 is 33.1. The average Bonchev–Trinajstić information content (AvgIpc) is 2.96. The summed E-state index contributed by atoms with van der Waals surface area (Å²) in [4.78, 5) is 11.3. The number of carbonyl (C=O) groups is 1. The highest BCUT2D eigenvalue weighted by molar-refractivity contribution is 7.89. The number of halogens is 1. The first-order chi connectivity index (χ1) is 10.3. The Bertz CT molecular complexity index is 787. The summed E-state index contributed by atoms with van der Waals surface area (Å²) in [7, 11) is -2.90. The van der Waals surface area contributed by atoms with Gasteiger partial charge in [-0.1, -0.05) is 11.6 Å². The number of rotatable bonds is 5. The normalized spacial score (nSPS) is 11.2. The minimum Gasteiger partial charge on any atom is -0.467 e. The van der Waals surface area contributed by atoms with Crippen LogP contribution in [-0.2, 0) is 21.3 Å². The van der Waals surface area contributed by atoms with E-state index < -0.39 is 16.0 Å². The highest BCUT2D eigenvalue weighted by Gasteiger charge is 2.21. The summed E-state index contributed by atoms with van der Waals surface area (Å²) in [5.41, 5.74) is 0.0771. The Morgan fingerprint density at radius 3 is 2.73 bits per heavy atom. The van der Waals surface area contributed by atoms with E-state index in [1.807, 2.05) is 0 Å². The maximum Gasteiger partial charge on any atom is 0.339 e. The zero-order valence-electron chi connectivity index (χ0n) is 11.5. The fourth-order valence-electron chi connectivity index (χ4n) is 1.79. The number of ether oxygens (including phenoxy) is 1. The minimum absolute atomic E-state index is 0.0428. The zero-order chi connectivity index (χ0) is 16.3. The SMILES string of the molecule is COC(=O)c1cc(S(N)(=O)=O)c(NCc2ccco2)cc1Cl. The molecular formula is C13H13ClN2O5S. The number of nitrogens with two attached hydrogens (primary N) is 1. The molecule has 2 rings (SSSR count). The van der Waals surface area contributed by atoms with Crippen LogP contribution < -0.4 is 10.5 Å². The molecule has 0 aliphatic heterocycles. The molecule has 2 aromatic rings. The summed E-state index contributed by atoms with van der Waals surface area (Å²) in [5.74, 6) is -0.166. The molecule has 1 aromatic carbocycles. The Morgan fingerprint density at radius 2 is 2.18 bits per heavy atom. The zero-order valence-corrected chi connectivity index (χ0v) is 13.1. The van der Waals surface area contributed by atoms with Gasteiger partial charge in [0.2, 0.25) is 10.0 Å². The van der Waals surface area contributed by atoms with Gasteiger partial charge in [0.25, 0.3) is 0 Å². The summed E-state index contributed by atoms with van der Waals surface area (Å²) in [6.07, 6.45) is 1.49. The van der Waals surface area contributed by atoms with Gasteiger partial charge in [-0.3, -0.25) is 0 Å². The molecule has 0 fully saturated rings. The van der Waals surface area contributed by atoms with Crippen LogP contribution in [0.25, 0.3) is 0 Å². The van der Waals surface area contributed by atoms with Gasteiger partial charge in [-0.05, 0) is 24.3 Å². The lowest BCUT2D eigenvalue weighted by atomic mass is 10.2. The number of primary sulfonamides is 1. The fraction of sp³-hybridized carbons (Fsp3) is 0.154. The quantitative estimate of drug-likeness (QED) is 0.802. The number of esters is 1. The molecule has 0 radical (unpaired) electrons. The van der Waals surface area contributed by atoms with Crippen molar-refractivity contribution in [2.24, 2.45) is 5.14 Å². The number of sulfonamides is 1. The smallest absolute Gasteiger partial charge is 0.339 e. The number of hydrogen-bond donors (Lipinski definition) is 2. The van der Waals surface area contributed by atoms with Gasteiger partial charge < -0.3 is 14.5 Å². The van der Waals surface area contributed by atoms with E-state index in [4.69, 9.17) is 21.2 Å². The molecule has 9 heteroatoms. The number of benzene rings is 1.